The molecule has 3 aliphatic heterocycles. The van der Waals surface area contributed by atoms with Gasteiger partial charge in [0.2, 0.25) is 11.8 Å². The molecule has 5 rings (SSSR count). The highest BCUT2D eigenvalue weighted by Crippen LogP contribution is 2.62. The van der Waals surface area contributed by atoms with Crippen LogP contribution in [0, 0.1) is 23.2 Å². The minimum absolute atomic E-state index is 0.0336. The highest BCUT2D eigenvalue weighted by molar-refractivity contribution is 7.00. The van der Waals surface area contributed by atoms with E-state index in [-0.39, 0.29) is 17.4 Å². The van der Waals surface area contributed by atoms with Gasteiger partial charge in [0.25, 0.3) is 0 Å². The van der Waals surface area contributed by atoms with Crippen LogP contribution in [0.3, 0.4) is 0 Å². The highest BCUT2D eigenvalue weighted by Gasteiger charge is 2.77. The van der Waals surface area contributed by atoms with Crippen LogP contribution in [0.25, 0.3) is 11.0 Å². The van der Waals surface area contributed by atoms with Crippen molar-refractivity contribution < 1.29 is 23.9 Å². The quantitative estimate of drug-likeness (QED) is 0.475. The number of imide groups is 1. The maximum Gasteiger partial charge on any atom is 0.240 e. The Morgan fingerprint density at radius 3 is 2.57 bits per heavy atom. The second-order valence-electron chi connectivity index (χ2n) is 11.6. The van der Waals surface area contributed by atoms with E-state index >= 15 is 0 Å². The molecule has 35 heavy (non-hydrogen) atoms. The van der Waals surface area contributed by atoms with Gasteiger partial charge in [-0.3, -0.25) is 9.59 Å². The summed E-state index contributed by atoms with van der Waals surface area (Å²) in [5, 5.41) is 20.4. The lowest BCUT2D eigenvalue weighted by Gasteiger charge is -2.38. The van der Waals surface area contributed by atoms with E-state index in [0.717, 1.165) is 11.7 Å². The third-order valence-electron chi connectivity index (χ3n) is 8.66. The Morgan fingerprint density at radius 1 is 1.26 bits per heavy atom. The topological polar surface area (TPSA) is 126 Å². The number of aromatic nitrogens is 2. The van der Waals surface area contributed by atoms with Crippen molar-refractivity contribution in [2.24, 2.45) is 11.8 Å². The third kappa shape index (κ3) is 3.27. The number of amides is 2. The zero-order chi connectivity index (χ0) is 25.6. The predicted molar refractivity (Wildman–Crippen MR) is 132 cm³/mol. The van der Waals surface area contributed by atoms with Crippen molar-refractivity contribution in [2.45, 2.75) is 76.0 Å². The van der Waals surface area contributed by atoms with E-state index in [9.17, 15) is 20.0 Å². The van der Waals surface area contributed by atoms with Crippen molar-refractivity contribution in [3.63, 3.8) is 0 Å². The molecule has 3 saturated heterocycles. The van der Waals surface area contributed by atoms with Gasteiger partial charge >= 0.3 is 0 Å². The van der Waals surface area contributed by atoms with Gasteiger partial charge < -0.3 is 14.3 Å². The summed E-state index contributed by atoms with van der Waals surface area (Å²) in [6, 6.07) is 5.21. The summed E-state index contributed by atoms with van der Waals surface area (Å²) in [7, 11) is -2.03. The number of anilines is 1. The van der Waals surface area contributed by atoms with Crippen molar-refractivity contribution >= 4 is 48.6 Å². The number of nitriles is 1. The summed E-state index contributed by atoms with van der Waals surface area (Å²) in [4.78, 5) is 28.8. The van der Waals surface area contributed by atoms with Crippen LogP contribution in [0.15, 0.2) is 12.1 Å². The molecule has 2 aromatic rings. The van der Waals surface area contributed by atoms with Gasteiger partial charge in [0.15, 0.2) is 8.32 Å². The zero-order valence-electron chi connectivity index (χ0n) is 20.8. The van der Waals surface area contributed by atoms with E-state index < -0.39 is 43.4 Å². The second kappa shape index (κ2) is 7.63. The fourth-order valence-corrected chi connectivity index (χ4v) is 7.30. The van der Waals surface area contributed by atoms with Gasteiger partial charge in [0, 0.05) is 13.0 Å². The molecule has 186 valence electrons. The number of hydrogen-bond acceptors (Lipinski definition) is 9. The van der Waals surface area contributed by atoms with Crippen LogP contribution in [-0.4, -0.2) is 57.9 Å². The normalized spacial score (nSPS) is 32.5. The van der Waals surface area contributed by atoms with E-state index in [1.165, 1.54) is 4.90 Å². The van der Waals surface area contributed by atoms with Crippen molar-refractivity contribution in [3.8, 4) is 6.07 Å². The molecular weight excluding hydrogens is 484 g/mol. The van der Waals surface area contributed by atoms with Crippen molar-refractivity contribution in [1.82, 2.24) is 8.75 Å². The summed E-state index contributed by atoms with van der Waals surface area (Å²) in [5.41, 5.74) is -0.756. The van der Waals surface area contributed by atoms with Crippen LogP contribution in [0.2, 0.25) is 18.1 Å². The number of aliphatic hydroxyl groups is 1. The lowest BCUT2D eigenvalue weighted by molar-refractivity contribution is -0.134. The Hall–Kier alpha value is -2.23. The van der Waals surface area contributed by atoms with Crippen molar-refractivity contribution in [1.29, 1.82) is 5.26 Å². The fraction of sp³-hybridized carbons (Fsp3) is 0.625. The van der Waals surface area contributed by atoms with Crippen molar-refractivity contribution in [2.75, 3.05) is 11.5 Å². The Bertz CT molecular complexity index is 1280. The van der Waals surface area contributed by atoms with Crippen LogP contribution in [0.5, 0.6) is 0 Å². The number of nitrogens with zero attached hydrogens (tertiary/aromatic N) is 4. The van der Waals surface area contributed by atoms with Gasteiger partial charge in [-0.15, -0.1) is 0 Å². The van der Waals surface area contributed by atoms with Crippen LogP contribution >= 0.6 is 11.7 Å². The molecule has 0 aliphatic carbocycles. The summed E-state index contributed by atoms with van der Waals surface area (Å²) in [6.07, 6.45) is -0.170. The van der Waals surface area contributed by atoms with E-state index in [1.54, 1.807) is 19.1 Å². The molecule has 1 N–H and O–H groups in total. The standard InChI is InChI=1S/C24H30N4O5SSi/c1-22(2,3)35(5,6)32-10-9-24-11-15(29)23(4,33-24)16-17(24)21(31)28(20(16)30)14-8-7-13(12-25)18-19(14)27-34-26-18/h7-8,15-17,29H,9-11H2,1-6H3/t15-,16?,17+,23-,24+/m0/s1. The average Bonchev–Trinajstić information content (AvgIpc) is 3.47. The molecule has 0 spiro atoms. The van der Waals surface area contributed by atoms with E-state index in [4.69, 9.17) is 9.16 Å². The Kier molecular flexibility index (Phi) is 5.33. The predicted octanol–water partition coefficient (Wildman–Crippen LogP) is 3.37. The number of ether oxygens (including phenoxy) is 1. The zero-order valence-corrected chi connectivity index (χ0v) is 22.6. The van der Waals surface area contributed by atoms with Crippen LogP contribution in [0.4, 0.5) is 5.69 Å². The molecule has 5 atom stereocenters. The van der Waals surface area contributed by atoms with Gasteiger partial charge in [-0.1, -0.05) is 20.8 Å². The van der Waals surface area contributed by atoms with E-state index in [2.05, 4.69) is 48.7 Å². The first-order valence-electron chi connectivity index (χ1n) is 11.8. The molecule has 0 radical (unpaired) electrons. The molecule has 2 bridgehead atoms. The molecule has 1 aromatic carbocycles. The lowest BCUT2D eigenvalue weighted by Crippen LogP contribution is -2.50. The first-order valence-corrected chi connectivity index (χ1v) is 15.5. The number of hydrogen-bond donors (Lipinski definition) is 1. The van der Waals surface area contributed by atoms with Crippen LogP contribution in [0.1, 0.15) is 46.1 Å². The minimum atomic E-state index is -2.03. The van der Waals surface area contributed by atoms with Gasteiger partial charge in [-0.25, -0.2) is 4.90 Å². The maximum atomic E-state index is 13.9. The lowest BCUT2D eigenvalue weighted by atomic mass is 9.66. The Balaban J connectivity index is 1.50. The molecule has 3 fully saturated rings. The third-order valence-corrected chi connectivity index (χ3v) is 13.7. The maximum absolute atomic E-state index is 13.9. The SMILES string of the molecule is CC(C)(C)[Si](C)(C)OCC[C@]12C[C@H](O)[C@](C)(O1)C1C(=O)N(c3ccc(C#N)c4nsnc34)C(=O)[C@@H]12. The van der Waals surface area contributed by atoms with Gasteiger partial charge in [-0.05, 0) is 43.6 Å². The summed E-state index contributed by atoms with van der Waals surface area (Å²) < 4.78 is 21.3. The van der Waals surface area contributed by atoms with Crippen LogP contribution < -0.4 is 4.90 Å². The van der Waals surface area contributed by atoms with Crippen LogP contribution in [-0.2, 0) is 18.8 Å². The number of fused-ring (bicyclic) bond motifs is 6. The summed E-state index contributed by atoms with van der Waals surface area (Å²) in [6.45, 7) is 12.9. The smallest absolute Gasteiger partial charge is 0.240 e. The summed E-state index contributed by atoms with van der Waals surface area (Å²) >= 11 is 0.929. The molecular formula is C24H30N4O5SSi. The molecule has 4 heterocycles. The number of carbonyl (C=O) groups excluding carboxylic acids is 2. The number of benzene rings is 1. The fourth-order valence-electron chi connectivity index (χ4n) is 5.68. The average molecular weight is 515 g/mol. The van der Waals surface area contributed by atoms with Gasteiger partial charge in [0.1, 0.15) is 22.7 Å². The van der Waals surface area contributed by atoms with Gasteiger partial charge in [0.05, 0.1) is 46.5 Å². The van der Waals surface area contributed by atoms with Crippen molar-refractivity contribution in [3.05, 3.63) is 17.7 Å². The second-order valence-corrected chi connectivity index (χ2v) is 16.9. The minimum Gasteiger partial charge on any atom is -0.417 e. The molecule has 2 amide bonds. The molecule has 9 nitrogen and oxygen atoms in total. The first kappa shape index (κ1) is 24.5. The van der Waals surface area contributed by atoms with E-state index in [1.807, 2.05) is 0 Å². The Morgan fingerprint density at radius 2 is 1.91 bits per heavy atom. The number of aliphatic hydroxyl groups excluding tert-OH is 1. The molecule has 1 aromatic heterocycles. The molecule has 1 unspecified atom stereocenters. The highest BCUT2D eigenvalue weighted by atomic mass is 32.1. The first-order chi connectivity index (χ1) is 16.3. The molecule has 11 heteroatoms. The monoisotopic (exact) mass is 514 g/mol. The summed E-state index contributed by atoms with van der Waals surface area (Å²) in [5.74, 6) is -2.29. The van der Waals surface area contributed by atoms with E-state index in [0.29, 0.717) is 35.3 Å². The number of carbonyl (C=O) groups is 2. The Labute approximate surface area is 209 Å². The van der Waals surface area contributed by atoms with Gasteiger partial charge in [-0.2, -0.15) is 14.0 Å². The largest absolute Gasteiger partial charge is 0.417 e. The molecule has 3 aliphatic rings. The molecule has 0 saturated carbocycles. The number of rotatable bonds is 5.